The normalized spacial score (nSPS) is 11.0. The zero-order chi connectivity index (χ0) is 14.7. The molecule has 0 aliphatic heterocycles. The monoisotopic (exact) mass is 318 g/mol. The minimum absolute atomic E-state index is 0.719. The lowest BCUT2D eigenvalue weighted by Crippen LogP contribution is -2.08. The van der Waals surface area contributed by atoms with Gasteiger partial charge in [-0.15, -0.1) is 10.2 Å². The number of thioether (sulfide) groups is 1. The van der Waals surface area contributed by atoms with Gasteiger partial charge in [-0.3, -0.25) is 0 Å². The molecular formula is C13H14N6S2. The van der Waals surface area contributed by atoms with E-state index in [1.54, 1.807) is 29.3 Å². The van der Waals surface area contributed by atoms with Crippen molar-refractivity contribution < 1.29 is 0 Å². The van der Waals surface area contributed by atoms with Crippen molar-refractivity contribution in [1.29, 1.82) is 0 Å². The van der Waals surface area contributed by atoms with Crippen LogP contribution in [0.15, 0.2) is 22.7 Å². The van der Waals surface area contributed by atoms with Crippen LogP contribution >= 0.6 is 23.1 Å². The SMILES string of the molecule is Cc1nc(NCCSc2nnc(C)s2)c2cccnc2n1. The lowest BCUT2D eigenvalue weighted by Gasteiger charge is -2.08. The first-order chi connectivity index (χ1) is 10.2. The molecule has 3 aromatic heterocycles. The molecule has 0 atom stereocenters. The third kappa shape index (κ3) is 3.45. The molecule has 108 valence electrons. The predicted molar refractivity (Wildman–Crippen MR) is 85.9 cm³/mol. The van der Waals surface area contributed by atoms with Gasteiger partial charge in [0.05, 0.1) is 5.39 Å². The number of nitrogens with one attached hydrogen (secondary N) is 1. The fourth-order valence-electron chi connectivity index (χ4n) is 1.85. The van der Waals surface area contributed by atoms with E-state index in [0.717, 1.165) is 44.3 Å². The van der Waals surface area contributed by atoms with Gasteiger partial charge in [-0.2, -0.15) is 0 Å². The van der Waals surface area contributed by atoms with Gasteiger partial charge < -0.3 is 5.32 Å². The number of aryl methyl sites for hydroxylation is 2. The quantitative estimate of drug-likeness (QED) is 0.572. The van der Waals surface area contributed by atoms with Crippen molar-refractivity contribution in [2.45, 2.75) is 18.2 Å². The van der Waals surface area contributed by atoms with Crippen molar-refractivity contribution in [2.24, 2.45) is 0 Å². The van der Waals surface area contributed by atoms with Gasteiger partial charge in [0.1, 0.15) is 16.6 Å². The van der Waals surface area contributed by atoms with Gasteiger partial charge in [0.2, 0.25) is 0 Å². The highest BCUT2D eigenvalue weighted by atomic mass is 32.2. The largest absolute Gasteiger partial charge is 0.369 e. The second kappa shape index (κ2) is 6.31. The highest BCUT2D eigenvalue weighted by Gasteiger charge is 2.06. The molecule has 0 aliphatic carbocycles. The number of aromatic nitrogens is 5. The highest BCUT2D eigenvalue weighted by molar-refractivity contribution is 8.01. The molecule has 0 saturated carbocycles. The lowest BCUT2D eigenvalue weighted by molar-refractivity contribution is 0.983. The van der Waals surface area contributed by atoms with E-state index < -0.39 is 0 Å². The first kappa shape index (κ1) is 14.2. The second-order valence-electron chi connectivity index (χ2n) is 4.36. The predicted octanol–water partition coefficient (Wildman–Crippen LogP) is 2.70. The number of anilines is 1. The Labute approximate surface area is 130 Å². The Bertz CT molecular complexity index is 757. The van der Waals surface area contributed by atoms with Gasteiger partial charge in [-0.1, -0.05) is 23.1 Å². The number of pyridine rings is 1. The summed E-state index contributed by atoms with van der Waals surface area (Å²) in [5, 5.41) is 13.4. The molecular weight excluding hydrogens is 304 g/mol. The fourth-order valence-corrected chi connectivity index (χ4v) is 3.59. The van der Waals surface area contributed by atoms with E-state index in [1.165, 1.54) is 0 Å². The van der Waals surface area contributed by atoms with Crippen LogP contribution in [0.5, 0.6) is 0 Å². The van der Waals surface area contributed by atoms with Crippen molar-refractivity contribution >= 4 is 39.9 Å². The molecule has 3 rings (SSSR count). The van der Waals surface area contributed by atoms with Crippen LogP contribution in [0, 0.1) is 13.8 Å². The Kier molecular flexibility index (Phi) is 4.26. The topological polar surface area (TPSA) is 76.5 Å². The molecule has 6 nitrogen and oxygen atoms in total. The maximum atomic E-state index is 4.45. The van der Waals surface area contributed by atoms with Crippen molar-refractivity contribution in [1.82, 2.24) is 25.1 Å². The number of rotatable bonds is 5. The first-order valence-corrected chi connectivity index (χ1v) is 8.29. The Balaban J connectivity index is 1.65. The zero-order valence-corrected chi connectivity index (χ0v) is 13.3. The molecule has 8 heteroatoms. The van der Waals surface area contributed by atoms with E-state index >= 15 is 0 Å². The third-order valence-corrected chi connectivity index (χ3v) is 4.68. The molecule has 21 heavy (non-hydrogen) atoms. The molecule has 3 aromatic rings. The van der Waals surface area contributed by atoms with E-state index in [1.807, 2.05) is 26.0 Å². The van der Waals surface area contributed by atoms with Crippen LogP contribution in [0.1, 0.15) is 10.8 Å². The summed E-state index contributed by atoms with van der Waals surface area (Å²) in [7, 11) is 0. The number of fused-ring (bicyclic) bond motifs is 1. The summed E-state index contributed by atoms with van der Waals surface area (Å²) in [4.78, 5) is 13.1. The van der Waals surface area contributed by atoms with Gasteiger partial charge in [-0.05, 0) is 26.0 Å². The van der Waals surface area contributed by atoms with E-state index in [9.17, 15) is 0 Å². The highest BCUT2D eigenvalue weighted by Crippen LogP contribution is 2.22. The van der Waals surface area contributed by atoms with Crippen LogP contribution in [0.2, 0.25) is 0 Å². The molecule has 0 radical (unpaired) electrons. The smallest absolute Gasteiger partial charge is 0.174 e. The van der Waals surface area contributed by atoms with Gasteiger partial charge in [0.25, 0.3) is 0 Å². The summed E-state index contributed by atoms with van der Waals surface area (Å²) in [6.07, 6.45) is 1.74. The van der Waals surface area contributed by atoms with E-state index in [0.29, 0.717) is 0 Å². The second-order valence-corrected chi connectivity index (χ2v) is 6.88. The summed E-state index contributed by atoms with van der Waals surface area (Å²) in [5.74, 6) is 2.45. The average Bonchev–Trinajstić information content (AvgIpc) is 2.89. The molecule has 0 aliphatic rings. The standard InChI is InChI=1S/C13H14N6S2/c1-8-16-11-10(4-3-5-14-11)12(17-8)15-6-7-20-13-19-18-9(2)21-13/h3-5H,6-7H2,1-2H3,(H,14,15,16,17). The van der Waals surface area contributed by atoms with E-state index in [2.05, 4.69) is 30.5 Å². The molecule has 0 unspecified atom stereocenters. The number of hydrogen-bond acceptors (Lipinski definition) is 8. The Morgan fingerprint density at radius 1 is 1.24 bits per heavy atom. The Morgan fingerprint density at radius 2 is 2.14 bits per heavy atom. The van der Waals surface area contributed by atoms with Crippen molar-refractivity contribution in [3.63, 3.8) is 0 Å². The van der Waals surface area contributed by atoms with Crippen molar-refractivity contribution in [3.8, 4) is 0 Å². The van der Waals surface area contributed by atoms with Gasteiger partial charge in [-0.25, -0.2) is 15.0 Å². The van der Waals surface area contributed by atoms with Gasteiger partial charge >= 0.3 is 0 Å². The minimum atomic E-state index is 0.719. The average molecular weight is 318 g/mol. The Morgan fingerprint density at radius 3 is 2.95 bits per heavy atom. The van der Waals surface area contributed by atoms with Gasteiger partial charge in [0, 0.05) is 18.5 Å². The van der Waals surface area contributed by atoms with Crippen LogP contribution in [0.3, 0.4) is 0 Å². The summed E-state index contributed by atoms with van der Waals surface area (Å²) in [6.45, 7) is 4.63. The van der Waals surface area contributed by atoms with Crippen LogP contribution in [-0.2, 0) is 0 Å². The van der Waals surface area contributed by atoms with Crippen LogP contribution in [-0.4, -0.2) is 37.4 Å². The molecule has 0 spiro atoms. The zero-order valence-electron chi connectivity index (χ0n) is 11.7. The van der Waals surface area contributed by atoms with E-state index in [4.69, 9.17) is 0 Å². The first-order valence-electron chi connectivity index (χ1n) is 6.48. The molecule has 0 bridgehead atoms. The lowest BCUT2D eigenvalue weighted by atomic mass is 10.3. The van der Waals surface area contributed by atoms with Gasteiger partial charge in [0.15, 0.2) is 9.99 Å². The molecule has 0 saturated heterocycles. The number of nitrogens with zero attached hydrogens (tertiary/aromatic N) is 5. The van der Waals surface area contributed by atoms with E-state index in [-0.39, 0.29) is 0 Å². The van der Waals surface area contributed by atoms with Crippen LogP contribution in [0.25, 0.3) is 11.0 Å². The molecule has 0 aromatic carbocycles. The van der Waals surface area contributed by atoms with Crippen LogP contribution in [0.4, 0.5) is 5.82 Å². The van der Waals surface area contributed by atoms with Crippen LogP contribution < -0.4 is 5.32 Å². The summed E-state index contributed by atoms with van der Waals surface area (Å²) in [6, 6.07) is 3.87. The number of hydrogen-bond donors (Lipinski definition) is 1. The third-order valence-electron chi connectivity index (χ3n) is 2.71. The summed E-state index contributed by atoms with van der Waals surface area (Å²) in [5.41, 5.74) is 0.722. The minimum Gasteiger partial charge on any atom is -0.369 e. The molecule has 0 amide bonds. The maximum Gasteiger partial charge on any atom is 0.174 e. The molecule has 3 heterocycles. The summed E-state index contributed by atoms with van der Waals surface area (Å²) < 4.78 is 1.000. The molecule has 1 N–H and O–H groups in total. The Hall–Kier alpha value is -1.80. The van der Waals surface area contributed by atoms with Crippen molar-refractivity contribution in [3.05, 3.63) is 29.2 Å². The fraction of sp³-hybridized carbons (Fsp3) is 0.308. The van der Waals surface area contributed by atoms with Crippen molar-refractivity contribution in [2.75, 3.05) is 17.6 Å². The molecule has 0 fully saturated rings. The maximum absolute atomic E-state index is 4.45. The summed E-state index contributed by atoms with van der Waals surface area (Å²) >= 11 is 3.31.